The van der Waals surface area contributed by atoms with Crippen LogP contribution in [0.5, 0.6) is 0 Å². The van der Waals surface area contributed by atoms with Gasteiger partial charge in [-0.15, -0.1) is 0 Å². The van der Waals surface area contributed by atoms with E-state index in [1.54, 1.807) is 24.3 Å². The first-order valence-corrected chi connectivity index (χ1v) is 10.7. The van der Waals surface area contributed by atoms with Crippen molar-refractivity contribution in [2.24, 2.45) is 0 Å². The number of benzene rings is 1. The zero-order chi connectivity index (χ0) is 20.6. The Balaban J connectivity index is 1.37. The summed E-state index contributed by atoms with van der Waals surface area (Å²) in [6, 6.07) is 7.40. The summed E-state index contributed by atoms with van der Waals surface area (Å²) in [7, 11) is 0. The third kappa shape index (κ3) is 6.85. The Bertz CT molecular complexity index is 723. The molecule has 0 spiro atoms. The number of piperidine rings is 1. The number of hydrogen-bond donors (Lipinski definition) is 3. The van der Waals surface area contributed by atoms with Gasteiger partial charge in [0.2, 0.25) is 5.91 Å². The van der Waals surface area contributed by atoms with Gasteiger partial charge in [-0.1, -0.05) is 31.4 Å². The number of Topliss-reactive ketones (excluding diaryl/α,β-unsaturated/α-hetero) is 1. The second-order valence-electron chi connectivity index (χ2n) is 8.19. The van der Waals surface area contributed by atoms with Crippen molar-refractivity contribution in [3.05, 3.63) is 29.8 Å². The number of hydrogen-bond acceptors (Lipinski definition) is 4. The van der Waals surface area contributed by atoms with Crippen LogP contribution in [0.25, 0.3) is 0 Å². The van der Waals surface area contributed by atoms with Gasteiger partial charge in [0, 0.05) is 36.4 Å². The highest BCUT2D eigenvalue weighted by molar-refractivity contribution is 5.97. The number of rotatable bonds is 6. The van der Waals surface area contributed by atoms with E-state index in [4.69, 9.17) is 0 Å². The molecule has 0 aromatic heterocycles. The van der Waals surface area contributed by atoms with E-state index in [-0.39, 0.29) is 23.8 Å². The maximum absolute atomic E-state index is 12.3. The molecule has 1 aromatic rings. The van der Waals surface area contributed by atoms with E-state index in [1.807, 2.05) is 0 Å². The fourth-order valence-corrected chi connectivity index (χ4v) is 4.11. The van der Waals surface area contributed by atoms with E-state index in [9.17, 15) is 14.4 Å². The lowest BCUT2D eigenvalue weighted by Crippen LogP contribution is -2.51. The lowest BCUT2D eigenvalue weighted by Gasteiger charge is -2.32. The van der Waals surface area contributed by atoms with Crippen LogP contribution in [-0.2, 0) is 4.79 Å². The molecule has 7 heteroatoms. The van der Waals surface area contributed by atoms with Crippen molar-refractivity contribution in [2.45, 2.75) is 64.0 Å². The van der Waals surface area contributed by atoms with Gasteiger partial charge in [-0.3, -0.25) is 14.5 Å². The number of anilines is 1. The average Bonchev–Trinajstić information content (AvgIpc) is 2.70. The summed E-state index contributed by atoms with van der Waals surface area (Å²) in [5, 5.41) is 9.05. The van der Waals surface area contributed by atoms with Crippen molar-refractivity contribution in [2.75, 3.05) is 25.0 Å². The first-order valence-electron chi connectivity index (χ1n) is 10.7. The van der Waals surface area contributed by atoms with Gasteiger partial charge in [-0.25, -0.2) is 4.79 Å². The molecular formula is C22H32N4O3. The molecule has 1 aliphatic carbocycles. The Morgan fingerprint density at radius 1 is 0.966 bits per heavy atom. The van der Waals surface area contributed by atoms with Gasteiger partial charge >= 0.3 is 6.03 Å². The first-order chi connectivity index (χ1) is 14.0. The number of carbonyl (C=O) groups excluding carboxylic acids is 3. The minimum absolute atomic E-state index is 0.0248. The number of nitrogens with one attached hydrogen (secondary N) is 3. The van der Waals surface area contributed by atoms with Gasteiger partial charge < -0.3 is 16.0 Å². The molecule has 0 unspecified atom stereocenters. The number of carbonyl (C=O) groups is 3. The Hall–Kier alpha value is -2.41. The van der Waals surface area contributed by atoms with E-state index in [2.05, 4.69) is 20.9 Å². The average molecular weight is 401 g/mol. The number of nitrogens with zero attached hydrogens (tertiary/aromatic N) is 1. The number of amides is 3. The lowest BCUT2D eigenvalue weighted by molar-refractivity contribution is -0.117. The second kappa shape index (κ2) is 10.4. The topological polar surface area (TPSA) is 90.5 Å². The predicted molar refractivity (Wildman–Crippen MR) is 113 cm³/mol. The molecule has 158 valence electrons. The van der Waals surface area contributed by atoms with Gasteiger partial charge in [-0.05, 0) is 44.7 Å². The third-order valence-corrected chi connectivity index (χ3v) is 5.78. The Morgan fingerprint density at radius 3 is 2.28 bits per heavy atom. The van der Waals surface area contributed by atoms with Crippen molar-refractivity contribution < 1.29 is 14.4 Å². The highest BCUT2D eigenvalue weighted by Crippen LogP contribution is 2.17. The van der Waals surface area contributed by atoms with Crippen molar-refractivity contribution >= 4 is 23.4 Å². The quantitative estimate of drug-likeness (QED) is 0.641. The summed E-state index contributed by atoms with van der Waals surface area (Å²) in [6.45, 7) is 3.37. The molecule has 1 saturated heterocycles. The van der Waals surface area contributed by atoms with Crippen LogP contribution in [0.3, 0.4) is 0 Å². The van der Waals surface area contributed by atoms with E-state index in [1.165, 1.54) is 26.2 Å². The molecule has 29 heavy (non-hydrogen) atoms. The molecule has 1 aliphatic heterocycles. The standard InChI is InChI=1S/C22H32N4O3/c1-16(27)17-6-5-9-20(14-17)23-21(28)15-26-12-10-19(11-13-26)25-22(29)24-18-7-3-2-4-8-18/h5-6,9,14,18-19H,2-4,7-8,10-13,15H2,1H3,(H,23,28)(H2,24,25,29). The highest BCUT2D eigenvalue weighted by atomic mass is 16.2. The van der Waals surface area contributed by atoms with Crippen molar-refractivity contribution in [1.82, 2.24) is 15.5 Å². The molecule has 2 fully saturated rings. The summed E-state index contributed by atoms with van der Waals surface area (Å²) in [6.07, 6.45) is 7.51. The van der Waals surface area contributed by atoms with Crippen molar-refractivity contribution in [1.29, 1.82) is 0 Å². The molecule has 1 heterocycles. The van der Waals surface area contributed by atoms with Gasteiger partial charge in [0.15, 0.2) is 5.78 Å². The van der Waals surface area contributed by atoms with E-state index >= 15 is 0 Å². The van der Waals surface area contributed by atoms with Crippen LogP contribution < -0.4 is 16.0 Å². The van der Waals surface area contributed by atoms with Crippen LogP contribution in [0.15, 0.2) is 24.3 Å². The van der Waals surface area contributed by atoms with Gasteiger partial charge in [0.25, 0.3) is 0 Å². The molecule has 3 rings (SSSR count). The van der Waals surface area contributed by atoms with Crippen LogP contribution in [0, 0.1) is 0 Å². The van der Waals surface area contributed by atoms with Crippen LogP contribution in [-0.4, -0.2) is 54.3 Å². The zero-order valence-electron chi connectivity index (χ0n) is 17.2. The molecule has 1 saturated carbocycles. The smallest absolute Gasteiger partial charge is 0.315 e. The zero-order valence-corrected chi connectivity index (χ0v) is 17.2. The van der Waals surface area contributed by atoms with Crippen molar-refractivity contribution in [3.8, 4) is 0 Å². The molecule has 0 bridgehead atoms. The summed E-state index contributed by atoms with van der Waals surface area (Å²) >= 11 is 0. The lowest BCUT2D eigenvalue weighted by atomic mass is 9.96. The minimum atomic E-state index is -0.0906. The van der Waals surface area contributed by atoms with E-state index in [0.29, 0.717) is 23.8 Å². The molecule has 3 N–H and O–H groups in total. The molecule has 7 nitrogen and oxygen atoms in total. The number of urea groups is 1. The molecule has 0 atom stereocenters. The summed E-state index contributed by atoms with van der Waals surface area (Å²) in [4.78, 5) is 38.1. The van der Waals surface area contributed by atoms with E-state index in [0.717, 1.165) is 38.8 Å². The second-order valence-corrected chi connectivity index (χ2v) is 8.19. The van der Waals surface area contributed by atoms with Crippen LogP contribution in [0.4, 0.5) is 10.5 Å². The highest BCUT2D eigenvalue weighted by Gasteiger charge is 2.23. The molecule has 3 amide bonds. The fourth-order valence-electron chi connectivity index (χ4n) is 4.11. The summed E-state index contributed by atoms with van der Waals surface area (Å²) in [5.41, 5.74) is 1.22. The molecular weight excluding hydrogens is 368 g/mol. The first kappa shape index (κ1) is 21.3. The number of ketones is 1. The number of likely N-dealkylation sites (tertiary alicyclic amines) is 1. The van der Waals surface area contributed by atoms with Crippen molar-refractivity contribution in [3.63, 3.8) is 0 Å². The Morgan fingerprint density at radius 2 is 1.62 bits per heavy atom. The Labute approximate surface area is 172 Å². The van der Waals surface area contributed by atoms with Crippen LogP contribution in [0.2, 0.25) is 0 Å². The minimum Gasteiger partial charge on any atom is -0.335 e. The third-order valence-electron chi connectivity index (χ3n) is 5.78. The van der Waals surface area contributed by atoms with E-state index < -0.39 is 0 Å². The summed E-state index contributed by atoms with van der Waals surface area (Å²) < 4.78 is 0. The largest absolute Gasteiger partial charge is 0.335 e. The maximum atomic E-state index is 12.3. The fraction of sp³-hybridized carbons (Fsp3) is 0.591. The maximum Gasteiger partial charge on any atom is 0.315 e. The predicted octanol–water partition coefficient (Wildman–Crippen LogP) is 2.92. The monoisotopic (exact) mass is 400 g/mol. The normalized spacial score (nSPS) is 18.8. The van der Waals surface area contributed by atoms with Gasteiger partial charge in [-0.2, -0.15) is 0 Å². The SMILES string of the molecule is CC(=O)c1cccc(NC(=O)CN2CCC(NC(=O)NC3CCCCC3)CC2)c1. The molecule has 2 aliphatic rings. The molecule has 1 aromatic carbocycles. The van der Waals surface area contributed by atoms with Gasteiger partial charge in [0.05, 0.1) is 6.54 Å². The Kier molecular flexibility index (Phi) is 7.63. The van der Waals surface area contributed by atoms with Gasteiger partial charge in [0.1, 0.15) is 0 Å². The van der Waals surface area contributed by atoms with Crippen LogP contribution >= 0.6 is 0 Å². The molecule has 0 radical (unpaired) electrons. The van der Waals surface area contributed by atoms with Crippen LogP contribution in [0.1, 0.15) is 62.2 Å². The summed E-state index contributed by atoms with van der Waals surface area (Å²) in [5.74, 6) is -0.115.